The lowest BCUT2D eigenvalue weighted by atomic mass is 10.1. The van der Waals surface area contributed by atoms with Crippen LogP contribution in [0, 0.1) is 0 Å². The van der Waals surface area contributed by atoms with Crippen molar-refractivity contribution in [2.45, 2.75) is 17.9 Å². The van der Waals surface area contributed by atoms with Crippen LogP contribution in [0.2, 0.25) is 0 Å². The third kappa shape index (κ3) is 4.27. The largest absolute Gasteiger partial charge is 0.382 e. The van der Waals surface area contributed by atoms with Crippen molar-refractivity contribution in [2.75, 3.05) is 20.3 Å². The molecule has 0 aliphatic heterocycles. The van der Waals surface area contributed by atoms with Crippen LogP contribution in [0.25, 0.3) is 0 Å². The molecule has 0 heterocycles. The van der Waals surface area contributed by atoms with Crippen LogP contribution in [-0.4, -0.2) is 28.7 Å². The van der Waals surface area contributed by atoms with Crippen molar-refractivity contribution in [1.29, 1.82) is 0 Å². The Kier molecular flexibility index (Phi) is 5.39. The Balaban J connectivity index is 2.91. The fraction of sp³-hybridized carbons (Fsp3) is 0.455. The van der Waals surface area contributed by atoms with Crippen LogP contribution in [0.1, 0.15) is 18.6 Å². The number of ether oxygens (including phenoxy) is 2. The molecule has 1 rings (SSSR count). The highest BCUT2D eigenvalue weighted by molar-refractivity contribution is 8.13. The van der Waals surface area contributed by atoms with Gasteiger partial charge in [0.1, 0.15) is 6.10 Å². The maximum absolute atomic E-state index is 11.1. The molecule has 0 spiro atoms. The van der Waals surface area contributed by atoms with E-state index in [1.165, 1.54) is 12.1 Å². The number of benzene rings is 1. The molecule has 0 saturated carbocycles. The van der Waals surface area contributed by atoms with Crippen LogP contribution in [0.5, 0.6) is 0 Å². The summed E-state index contributed by atoms with van der Waals surface area (Å²) in [5.74, 6) is 0. The maximum Gasteiger partial charge on any atom is 0.261 e. The zero-order valence-electron chi connectivity index (χ0n) is 9.72. The van der Waals surface area contributed by atoms with Gasteiger partial charge in [0.25, 0.3) is 9.05 Å². The summed E-state index contributed by atoms with van der Waals surface area (Å²) in [4.78, 5) is 0.0792. The van der Waals surface area contributed by atoms with E-state index in [1.54, 1.807) is 19.2 Å². The molecule has 0 fully saturated rings. The lowest BCUT2D eigenvalue weighted by Gasteiger charge is -2.16. The van der Waals surface area contributed by atoms with Crippen molar-refractivity contribution in [3.8, 4) is 0 Å². The van der Waals surface area contributed by atoms with Gasteiger partial charge in [0.05, 0.1) is 11.5 Å². The van der Waals surface area contributed by atoms with Crippen molar-refractivity contribution < 1.29 is 17.9 Å². The first-order valence-corrected chi connectivity index (χ1v) is 7.45. The lowest BCUT2D eigenvalue weighted by molar-refractivity contribution is 0.00277. The fourth-order valence-corrected chi connectivity index (χ4v) is 2.21. The first-order chi connectivity index (χ1) is 7.99. The second kappa shape index (κ2) is 6.35. The van der Waals surface area contributed by atoms with Crippen LogP contribution in [-0.2, 0) is 18.5 Å². The van der Waals surface area contributed by atoms with E-state index in [1.807, 2.05) is 6.92 Å². The predicted octanol–water partition coefficient (Wildman–Crippen LogP) is 2.34. The molecular formula is C11H15ClO4S. The van der Waals surface area contributed by atoms with Gasteiger partial charge >= 0.3 is 0 Å². The molecular weight excluding hydrogens is 264 g/mol. The van der Waals surface area contributed by atoms with Crippen LogP contribution >= 0.6 is 10.7 Å². The van der Waals surface area contributed by atoms with Gasteiger partial charge in [-0.25, -0.2) is 8.42 Å². The number of hydrogen-bond acceptors (Lipinski definition) is 4. The Bertz CT molecular complexity index is 435. The maximum atomic E-state index is 11.1. The highest BCUT2D eigenvalue weighted by Crippen LogP contribution is 2.21. The molecule has 0 bridgehead atoms. The molecule has 0 N–H and O–H groups in total. The lowest BCUT2D eigenvalue weighted by Crippen LogP contribution is -2.10. The first-order valence-electron chi connectivity index (χ1n) is 5.14. The SMILES string of the molecule is CCOC(COC)c1ccc(S(=O)(=O)Cl)cc1. The number of halogens is 1. The van der Waals surface area contributed by atoms with Gasteiger partial charge in [-0.05, 0) is 24.6 Å². The minimum absolute atomic E-state index is 0.0792. The molecule has 6 heteroatoms. The van der Waals surface area contributed by atoms with E-state index in [4.69, 9.17) is 20.2 Å². The summed E-state index contributed by atoms with van der Waals surface area (Å²) in [5.41, 5.74) is 0.859. The minimum Gasteiger partial charge on any atom is -0.382 e. The van der Waals surface area contributed by atoms with Crippen molar-refractivity contribution in [2.24, 2.45) is 0 Å². The van der Waals surface area contributed by atoms with Crippen molar-refractivity contribution >= 4 is 19.7 Å². The monoisotopic (exact) mass is 278 g/mol. The van der Waals surface area contributed by atoms with Gasteiger partial charge in [-0.15, -0.1) is 0 Å². The van der Waals surface area contributed by atoms with Crippen LogP contribution in [0.4, 0.5) is 0 Å². The second-order valence-electron chi connectivity index (χ2n) is 3.41. The summed E-state index contributed by atoms with van der Waals surface area (Å²) in [6.45, 7) is 2.87. The summed E-state index contributed by atoms with van der Waals surface area (Å²) in [7, 11) is 3.15. The highest BCUT2D eigenvalue weighted by atomic mass is 35.7. The summed E-state index contributed by atoms with van der Waals surface area (Å²) < 4.78 is 32.7. The summed E-state index contributed by atoms with van der Waals surface area (Å²) in [5, 5.41) is 0. The average molecular weight is 279 g/mol. The Morgan fingerprint density at radius 2 is 1.88 bits per heavy atom. The Morgan fingerprint density at radius 1 is 1.29 bits per heavy atom. The van der Waals surface area contributed by atoms with Crippen molar-refractivity contribution in [3.63, 3.8) is 0 Å². The van der Waals surface area contributed by atoms with E-state index in [-0.39, 0.29) is 11.0 Å². The van der Waals surface area contributed by atoms with Gasteiger partial charge < -0.3 is 9.47 Å². The molecule has 1 atom stereocenters. The van der Waals surface area contributed by atoms with Gasteiger partial charge in [0.15, 0.2) is 0 Å². The summed E-state index contributed by atoms with van der Waals surface area (Å²) >= 11 is 0. The third-order valence-corrected chi connectivity index (χ3v) is 3.59. The van der Waals surface area contributed by atoms with Gasteiger partial charge in [0, 0.05) is 24.4 Å². The summed E-state index contributed by atoms with van der Waals surface area (Å²) in [6.07, 6.45) is -0.197. The molecule has 1 unspecified atom stereocenters. The standard InChI is InChI=1S/C11H15ClO4S/c1-3-16-11(8-15-2)9-4-6-10(7-5-9)17(12,13)14/h4-7,11H,3,8H2,1-2H3. The van der Waals surface area contributed by atoms with Gasteiger partial charge in [-0.1, -0.05) is 12.1 Å². The summed E-state index contributed by atoms with van der Waals surface area (Å²) in [6, 6.07) is 6.27. The second-order valence-corrected chi connectivity index (χ2v) is 5.97. The molecule has 96 valence electrons. The molecule has 0 amide bonds. The first kappa shape index (κ1) is 14.4. The molecule has 0 aliphatic carbocycles. The van der Waals surface area contributed by atoms with Crippen LogP contribution < -0.4 is 0 Å². The Morgan fingerprint density at radius 3 is 2.29 bits per heavy atom. The Hall–Kier alpha value is -0.620. The quantitative estimate of drug-likeness (QED) is 0.750. The smallest absolute Gasteiger partial charge is 0.261 e. The normalized spacial score (nSPS) is 13.6. The zero-order chi connectivity index (χ0) is 12.9. The van der Waals surface area contributed by atoms with E-state index in [0.717, 1.165) is 5.56 Å². The van der Waals surface area contributed by atoms with Gasteiger partial charge in [-0.3, -0.25) is 0 Å². The highest BCUT2D eigenvalue weighted by Gasteiger charge is 2.14. The minimum atomic E-state index is -3.67. The van der Waals surface area contributed by atoms with Crippen molar-refractivity contribution in [1.82, 2.24) is 0 Å². The zero-order valence-corrected chi connectivity index (χ0v) is 11.3. The van der Waals surface area contributed by atoms with E-state index in [0.29, 0.717) is 13.2 Å². The van der Waals surface area contributed by atoms with E-state index >= 15 is 0 Å². The molecule has 1 aromatic rings. The topological polar surface area (TPSA) is 52.6 Å². The molecule has 4 nitrogen and oxygen atoms in total. The van der Waals surface area contributed by atoms with Crippen molar-refractivity contribution in [3.05, 3.63) is 29.8 Å². The fourth-order valence-electron chi connectivity index (χ4n) is 1.44. The predicted molar refractivity (Wildman–Crippen MR) is 65.7 cm³/mol. The molecule has 17 heavy (non-hydrogen) atoms. The van der Waals surface area contributed by atoms with Gasteiger partial charge in [-0.2, -0.15) is 0 Å². The van der Waals surface area contributed by atoms with Crippen LogP contribution in [0.3, 0.4) is 0 Å². The number of rotatable bonds is 6. The average Bonchev–Trinajstić information content (AvgIpc) is 2.28. The number of hydrogen-bond donors (Lipinski definition) is 0. The Labute approximate surface area is 106 Å². The third-order valence-electron chi connectivity index (χ3n) is 2.22. The molecule has 0 radical (unpaired) electrons. The van der Waals surface area contributed by atoms with E-state index in [9.17, 15) is 8.42 Å². The van der Waals surface area contributed by atoms with E-state index in [2.05, 4.69) is 0 Å². The molecule has 0 aromatic heterocycles. The number of methoxy groups -OCH3 is 1. The van der Waals surface area contributed by atoms with E-state index < -0.39 is 9.05 Å². The molecule has 1 aromatic carbocycles. The van der Waals surface area contributed by atoms with Gasteiger partial charge in [0.2, 0.25) is 0 Å². The molecule has 0 saturated heterocycles. The van der Waals surface area contributed by atoms with Crippen LogP contribution in [0.15, 0.2) is 29.2 Å². The molecule has 0 aliphatic rings.